The smallest absolute Gasteiger partial charge is 0.244 e. The van der Waals surface area contributed by atoms with E-state index in [2.05, 4.69) is 17.6 Å². The average Bonchev–Trinajstić information content (AvgIpc) is 2.45. The highest BCUT2D eigenvalue weighted by molar-refractivity contribution is 5.91. The third-order valence-electron chi connectivity index (χ3n) is 3.81. The summed E-state index contributed by atoms with van der Waals surface area (Å²) in [6.45, 7) is 3.78. The highest BCUT2D eigenvalue weighted by Crippen LogP contribution is 2.34. The van der Waals surface area contributed by atoms with Crippen LogP contribution in [0.15, 0.2) is 24.3 Å². The Bertz CT molecular complexity index is 542. The number of hydrogen-bond acceptors (Lipinski definition) is 3. The van der Waals surface area contributed by atoms with Crippen LogP contribution in [0.4, 0.5) is 5.69 Å². The minimum atomic E-state index is -0.509. The van der Waals surface area contributed by atoms with E-state index in [9.17, 15) is 9.59 Å². The molecule has 114 valence electrons. The number of nitrogens with zero attached hydrogens (tertiary/aromatic N) is 1. The fourth-order valence-electron chi connectivity index (χ4n) is 2.75. The number of carbonyl (C=O) groups excluding carboxylic acids is 2. The molecule has 2 N–H and O–H groups in total. The number of carbonyl (C=O) groups is 2. The predicted molar refractivity (Wildman–Crippen MR) is 83.2 cm³/mol. The van der Waals surface area contributed by atoms with Crippen molar-refractivity contribution in [3.63, 3.8) is 0 Å². The summed E-state index contributed by atoms with van der Waals surface area (Å²) in [5.74, 6) is -0.396. The summed E-state index contributed by atoms with van der Waals surface area (Å²) in [7, 11) is 3.37. The second kappa shape index (κ2) is 6.16. The Morgan fingerprint density at radius 1 is 1.33 bits per heavy atom. The summed E-state index contributed by atoms with van der Waals surface area (Å²) in [5, 5.41) is 6.22. The summed E-state index contributed by atoms with van der Waals surface area (Å²) >= 11 is 0. The van der Waals surface area contributed by atoms with Crippen LogP contribution in [0.1, 0.15) is 31.7 Å². The van der Waals surface area contributed by atoms with E-state index in [0.717, 1.165) is 17.7 Å². The quantitative estimate of drug-likeness (QED) is 0.888. The normalized spacial score (nSPS) is 21.7. The molecule has 0 aromatic heterocycles. The van der Waals surface area contributed by atoms with Gasteiger partial charge in [-0.15, -0.1) is 0 Å². The molecule has 2 amide bonds. The second-order valence-corrected chi connectivity index (χ2v) is 5.88. The molecule has 1 aliphatic rings. The Morgan fingerprint density at radius 3 is 2.67 bits per heavy atom. The zero-order valence-corrected chi connectivity index (χ0v) is 13.0. The van der Waals surface area contributed by atoms with Crippen LogP contribution in [0.5, 0.6) is 0 Å². The zero-order chi connectivity index (χ0) is 15.6. The molecule has 5 heteroatoms. The number of rotatable bonds is 3. The number of para-hydroxylation sites is 1. The molecule has 0 bridgehead atoms. The van der Waals surface area contributed by atoms with Crippen LogP contribution in [0, 0.1) is 0 Å². The molecule has 1 heterocycles. The fourth-order valence-corrected chi connectivity index (χ4v) is 2.75. The van der Waals surface area contributed by atoms with E-state index in [1.807, 2.05) is 24.3 Å². The summed E-state index contributed by atoms with van der Waals surface area (Å²) < 4.78 is 0. The Morgan fingerprint density at radius 2 is 2.00 bits per heavy atom. The fraction of sp³-hybridized carbons (Fsp3) is 0.500. The molecule has 0 spiro atoms. The number of benzene rings is 1. The van der Waals surface area contributed by atoms with Crippen molar-refractivity contribution in [2.45, 2.75) is 38.3 Å². The van der Waals surface area contributed by atoms with Gasteiger partial charge in [0.2, 0.25) is 11.8 Å². The monoisotopic (exact) mass is 289 g/mol. The molecule has 3 unspecified atom stereocenters. The van der Waals surface area contributed by atoms with Gasteiger partial charge in [0.25, 0.3) is 0 Å². The van der Waals surface area contributed by atoms with Crippen molar-refractivity contribution in [1.82, 2.24) is 10.2 Å². The van der Waals surface area contributed by atoms with E-state index < -0.39 is 6.04 Å². The molecule has 0 radical (unpaired) electrons. The standard InChI is InChI=1S/C16H23N3O2/c1-10-9-13(12-7-5-6-8-14(12)17-10)15(20)18-11(2)16(21)19(3)4/h5-8,10-11,13,17H,9H2,1-4H3,(H,18,20). The number of fused-ring (bicyclic) bond motifs is 1. The van der Waals surface area contributed by atoms with Crippen molar-refractivity contribution in [1.29, 1.82) is 0 Å². The summed E-state index contributed by atoms with van der Waals surface area (Å²) in [5.41, 5.74) is 2.00. The first-order valence-corrected chi connectivity index (χ1v) is 7.27. The molecule has 0 saturated heterocycles. The van der Waals surface area contributed by atoms with E-state index in [4.69, 9.17) is 0 Å². The third kappa shape index (κ3) is 3.35. The topological polar surface area (TPSA) is 61.4 Å². The minimum Gasteiger partial charge on any atom is -0.382 e. The number of amides is 2. The zero-order valence-electron chi connectivity index (χ0n) is 13.0. The van der Waals surface area contributed by atoms with Gasteiger partial charge in [0, 0.05) is 25.8 Å². The number of anilines is 1. The second-order valence-electron chi connectivity index (χ2n) is 5.88. The third-order valence-corrected chi connectivity index (χ3v) is 3.81. The molecular weight excluding hydrogens is 266 g/mol. The maximum absolute atomic E-state index is 12.5. The van der Waals surface area contributed by atoms with Gasteiger partial charge in [-0.3, -0.25) is 9.59 Å². The first-order valence-electron chi connectivity index (χ1n) is 7.27. The number of likely N-dealkylation sites (N-methyl/N-ethyl adjacent to an activating group) is 1. The van der Waals surface area contributed by atoms with Gasteiger partial charge in [0.1, 0.15) is 6.04 Å². The molecule has 0 fully saturated rings. The van der Waals surface area contributed by atoms with E-state index in [1.54, 1.807) is 21.0 Å². The SMILES string of the molecule is CC1CC(C(=O)NC(C)C(=O)N(C)C)c2ccccc2N1. The Balaban J connectivity index is 2.15. The van der Waals surface area contributed by atoms with Gasteiger partial charge >= 0.3 is 0 Å². The van der Waals surface area contributed by atoms with E-state index >= 15 is 0 Å². The highest BCUT2D eigenvalue weighted by Gasteiger charge is 2.31. The van der Waals surface area contributed by atoms with Gasteiger partial charge in [-0.2, -0.15) is 0 Å². The lowest BCUT2D eigenvalue weighted by atomic mass is 9.86. The van der Waals surface area contributed by atoms with Crippen molar-refractivity contribution in [3.05, 3.63) is 29.8 Å². The first-order chi connectivity index (χ1) is 9.90. The molecule has 1 aromatic rings. The van der Waals surface area contributed by atoms with E-state index in [0.29, 0.717) is 0 Å². The Hall–Kier alpha value is -2.04. The van der Waals surface area contributed by atoms with Crippen LogP contribution < -0.4 is 10.6 Å². The van der Waals surface area contributed by atoms with Crippen LogP contribution >= 0.6 is 0 Å². The predicted octanol–water partition coefficient (Wildman–Crippen LogP) is 1.57. The van der Waals surface area contributed by atoms with Crippen LogP contribution in [0.2, 0.25) is 0 Å². The minimum absolute atomic E-state index is 0.0847. The van der Waals surface area contributed by atoms with Crippen LogP contribution in [-0.4, -0.2) is 42.9 Å². The maximum atomic E-state index is 12.5. The largest absolute Gasteiger partial charge is 0.382 e. The summed E-state index contributed by atoms with van der Waals surface area (Å²) in [4.78, 5) is 25.9. The molecular formula is C16H23N3O2. The molecule has 0 saturated carbocycles. The summed E-state index contributed by atoms with van der Waals surface area (Å²) in [6.07, 6.45) is 0.728. The molecule has 5 nitrogen and oxygen atoms in total. The first kappa shape index (κ1) is 15.4. The average molecular weight is 289 g/mol. The Labute approximate surface area is 125 Å². The molecule has 21 heavy (non-hydrogen) atoms. The van der Waals surface area contributed by atoms with Gasteiger partial charge in [-0.05, 0) is 31.9 Å². The summed E-state index contributed by atoms with van der Waals surface area (Å²) in [6, 6.07) is 7.57. The maximum Gasteiger partial charge on any atom is 0.244 e. The van der Waals surface area contributed by atoms with Gasteiger partial charge in [-0.1, -0.05) is 18.2 Å². The van der Waals surface area contributed by atoms with Crippen molar-refractivity contribution in [2.75, 3.05) is 19.4 Å². The van der Waals surface area contributed by atoms with Crippen molar-refractivity contribution >= 4 is 17.5 Å². The Kier molecular flexibility index (Phi) is 4.50. The van der Waals surface area contributed by atoms with Crippen molar-refractivity contribution in [2.24, 2.45) is 0 Å². The van der Waals surface area contributed by atoms with Gasteiger partial charge in [0.05, 0.1) is 5.92 Å². The molecule has 0 aliphatic carbocycles. The van der Waals surface area contributed by atoms with Gasteiger partial charge in [-0.25, -0.2) is 0 Å². The molecule has 1 aliphatic heterocycles. The lowest BCUT2D eigenvalue weighted by Crippen LogP contribution is -2.47. The van der Waals surface area contributed by atoms with Gasteiger partial charge < -0.3 is 15.5 Å². The molecule has 1 aromatic carbocycles. The number of hydrogen-bond donors (Lipinski definition) is 2. The highest BCUT2D eigenvalue weighted by atomic mass is 16.2. The van der Waals surface area contributed by atoms with Gasteiger partial charge in [0.15, 0.2) is 0 Å². The lowest BCUT2D eigenvalue weighted by Gasteiger charge is -2.31. The number of nitrogens with one attached hydrogen (secondary N) is 2. The lowest BCUT2D eigenvalue weighted by molar-refractivity contribution is -0.134. The van der Waals surface area contributed by atoms with E-state index in [1.165, 1.54) is 4.90 Å². The van der Waals surface area contributed by atoms with Crippen LogP contribution in [0.3, 0.4) is 0 Å². The van der Waals surface area contributed by atoms with Crippen LogP contribution in [-0.2, 0) is 9.59 Å². The molecule has 3 atom stereocenters. The van der Waals surface area contributed by atoms with E-state index in [-0.39, 0.29) is 23.8 Å². The van der Waals surface area contributed by atoms with Crippen molar-refractivity contribution < 1.29 is 9.59 Å². The van der Waals surface area contributed by atoms with Crippen molar-refractivity contribution in [3.8, 4) is 0 Å². The molecule has 2 rings (SSSR count). The van der Waals surface area contributed by atoms with Crippen LogP contribution in [0.25, 0.3) is 0 Å².